The zero-order chi connectivity index (χ0) is 27.9. The van der Waals surface area contributed by atoms with E-state index in [0.717, 1.165) is 18.4 Å². The first-order valence-electron chi connectivity index (χ1n) is 11.3. The van der Waals surface area contributed by atoms with Gasteiger partial charge in [-0.1, -0.05) is 24.3 Å². The molecule has 0 bridgehead atoms. The first-order chi connectivity index (χ1) is 17.8. The molecule has 0 aliphatic carbocycles. The van der Waals surface area contributed by atoms with Crippen LogP contribution in [-0.4, -0.2) is 38.2 Å². The maximum Gasteiger partial charge on any atom is 0.416 e. The topological polar surface area (TPSA) is 122 Å². The summed E-state index contributed by atoms with van der Waals surface area (Å²) in [5.74, 6) is -0.740. The van der Waals surface area contributed by atoms with Crippen molar-refractivity contribution in [3.05, 3.63) is 94.5 Å². The minimum absolute atomic E-state index is 0.110. The fourth-order valence-corrected chi connectivity index (χ4v) is 3.87. The van der Waals surface area contributed by atoms with E-state index in [9.17, 15) is 31.2 Å². The van der Waals surface area contributed by atoms with Crippen LogP contribution < -0.4 is 14.8 Å². The Morgan fingerprint density at radius 1 is 0.947 bits per heavy atom. The minimum Gasteiger partial charge on any atom is -0.481 e. The van der Waals surface area contributed by atoms with Gasteiger partial charge in [0, 0.05) is 24.2 Å². The molecule has 3 aromatic carbocycles. The Morgan fingerprint density at radius 3 is 2.16 bits per heavy atom. The van der Waals surface area contributed by atoms with Crippen LogP contribution >= 0.6 is 0 Å². The van der Waals surface area contributed by atoms with Gasteiger partial charge in [0.05, 0.1) is 18.2 Å². The Morgan fingerprint density at radius 2 is 1.58 bits per heavy atom. The number of aliphatic carboxylic acids is 1. The molecule has 0 aromatic heterocycles. The fraction of sp³-hybridized carbons (Fsp3) is 0.231. The predicted octanol–water partition coefficient (Wildman–Crippen LogP) is 4.15. The number of carbonyl (C=O) groups is 2. The van der Waals surface area contributed by atoms with Crippen molar-refractivity contribution >= 4 is 21.9 Å². The molecule has 12 heteroatoms. The van der Waals surface area contributed by atoms with Crippen LogP contribution in [-0.2, 0) is 40.4 Å². The van der Waals surface area contributed by atoms with Crippen molar-refractivity contribution in [1.29, 1.82) is 0 Å². The Hall–Kier alpha value is -3.90. The summed E-state index contributed by atoms with van der Waals surface area (Å²) < 4.78 is 69.2. The first-order valence-corrected chi connectivity index (χ1v) is 13.2. The van der Waals surface area contributed by atoms with Gasteiger partial charge < -0.3 is 15.2 Å². The van der Waals surface area contributed by atoms with Crippen molar-refractivity contribution in [2.45, 2.75) is 25.6 Å². The van der Waals surface area contributed by atoms with Gasteiger partial charge in [0.1, 0.15) is 11.5 Å². The number of carbonyl (C=O) groups excluding carboxylic acids is 1. The number of rotatable bonds is 11. The minimum atomic E-state index is -4.40. The van der Waals surface area contributed by atoms with E-state index in [1.807, 2.05) is 0 Å². The molecule has 0 heterocycles. The SMILES string of the molecule is CS(=O)(=O)NCc1cc(CC(=O)O)ccc1Oc1ccc(C(=O)NCCc2ccc(C(F)(F)F)cc2)cc1. The summed E-state index contributed by atoms with van der Waals surface area (Å²) in [5, 5.41) is 11.7. The van der Waals surface area contributed by atoms with E-state index >= 15 is 0 Å². The lowest BCUT2D eigenvalue weighted by Gasteiger charge is -2.13. The van der Waals surface area contributed by atoms with Gasteiger partial charge in [-0.2, -0.15) is 13.2 Å². The van der Waals surface area contributed by atoms with Gasteiger partial charge >= 0.3 is 12.1 Å². The summed E-state index contributed by atoms with van der Waals surface area (Å²) in [6.45, 7) is 0.114. The molecular formula is C26H25F3N2O6S. The quantitative estimate of drug-likeness (QED) is 0.330. The summed E-state index contributed by atoms with van der Waals surface area (Å²) >= 11 is 0. The lowest BCUT2D eigenvalue weighted by molar-refractivity contribution is -0.138. The number of hydrogen-bond acceptors (Lipinski definition) is 5. The van der Waals surface area contributed by atoms with Crippen LogP contribution in [0.5, 0.6) is 11.5 Å². The summed E-state index contributed by atoms with van der Waals surface area (Å²) in [4.78, 5) is 23.5. The molecule has 0 spiro atoms. The van der Waals surface area contributed by atoms with Gasteiger partial charge in [-0.05, 0) is 60.0 Å². The second-order valence-corrected chi connectivity index (χ2v) is 10.3. The van der Waals surface area contributed by atoms with E-state index in [-0.39, 0.29) is 25.4 Å². The van der Waals surface area contributed by atoms with Crippen molar-refractivity contribution in [3.63, 3.8) is 0 Å². The van der Waals surface area contributed by atoms with E-state index in [4.69, 9.17) is 9.84 Å². The highest BCUT2D eigenvalue weighted by molar-refractivity contribution is 7.88. The van der Waals surface area contributed by atoms with E-state index in [1.165, 1.54) is 24.3 Å². The van der Waals surface area contributed by atoms with Crippen LogP contribution in [0, 0.1) is 0 Å². The Kier molecular flexibility index (Phi) is 9.13. The van der Waals surface area contributed by atoms with Crippen molar-refractivity contribution in [2.24, 2.45) is 0 Å². The zero-order valence-corrected chi connectivity index (χ0v) is 21.0. The summed E-state index contributed by atoms with van der Waals surface area (Å²) in [7, 11) is -3.51. The van der Waals surface area contributed by atoms with E-state index in [0.29, 0.717) is 40.2 Å². The van der Waals surface area contributed by atoms with Crippen molar-refractivity contribution in [2.75, 3.05) is 12.8 Å². The standard InChI is InChI=1S/C26H25F3N2O6S/c1-38(35,36)31-16-20-14-18(15-24(32)33)4-11-23(20)37-22-9-5-19(6-10-22)25(34)30-13-12-17-2-7-21(8-3-17)26(27,28)29/h2-11,14,31H,12-13,15-16H2,1H3,(H,30,34)(H,32,33). The predicted molar refractivity (Wildman–Crippen MR) is 133 cm³/mol. The third-order valence-corrected chi connectivity index (χ3v) is 6.00. The molecule has 0 saturated heterocycles. The van der Waals surface area contributed by atoms with Gasteiger partial charge in [-0.15, -0.1) is 0 Å². The molecule has 1 amide bonds. The van der Waals surface area contributed by atoms with Crippen LogP contribution in [0.25, 0.3) is 0 Å². The molecule has 0 aliphatic rings. The van der Waals surface area contributed by atoms with Crippen LogP contribution in [0.4, 0.5) is 13.2 Å². The van der Waals surface area contributed by atoms with Crippen LogP contribution in [0.1, 0.15) is 32.6 Å². The molecular weight excluding hydrogens is 525 g/mol. The number of nitrogens with one attached hydrogen (secondary N) is 2. The molecule has 3 N–H and O–H groups in total. The van der Waals surface area contributed by atoms with E-state index in [1.54, 1.807) is 30.3 Å². The molecule has 0 unspecified atom stereocenters. The third kappa shape index (κ3) is 8.89. The molecule has 0 aliphatic heterocycles. The highest BCUT2D eigenvalue weighted by Crippen LogP contribution is 2.29. The van der Waals surface area contributed by atoms with Gasteiger partial charge in [0.15, 0.2) is 0 Å². The second-order valence-electron chi connectivity index (χ2n) is 8.43. The molecule has 202 valence electrons. The summed E-state index contributed by atoms with van der Waals surface area (Å²) in [5.41, 5.74) is 1.15. The molecule has 38 heavy (non-hydrogen) atoms. The first kappa shape index (κ1) is 28.7. The average Bonchev–Trinajstić information content (AvgIpc) is 2.83. The highest BCUT2D eigenvalue weighted by Gasteiger charge is 2.29. The van der Waals surface area contributed by atoms with Gasteiger partial charge in [0.2, 0.25) is 10.0 Å². The fourth-order valence-electron chi connectivity index (χ4n) is 3.45. The largest absolute Gasteiger partial charge is 0.481 e. The summed E-state index contributed by atoms with van der Waals surface area (Å²) in [6.07, 6.45) is -3.29. The molecule has 0 radical (unpaired) electrons. The number of sulfonamides is 1. The van der Waals surface area contributed by atoms with Gasteiger partial charge in [0.25, 0.3) is 5.91 Å². The number of hydrogen-bond donors (Lipinski definition) is 3. The maximum atomic E-state index is 12.7. The van der Waals surface area contributed by atoms with Crippen LogP contribution in [0.3, 0.4) is 0 Å². The molecule has 0 saturated carbocycles. The third-order valence-electron chi connectivity index (χ3n) is 5.33. The van der Waals surface area contributed by atoms with Crippen molar-refractivity contribution < 1.29 is 41.0 Å². The second kappa shape index (κ2) is 12.1. The Balaban J connectivity index is 1.61. The van der Waals surface area contributed by atoms with Crippen LogP contribution in [0.2, 0.25) is 0 Å². The highest BCUT2D eigenvalue weighted by atomic mass is 32.2. The maximum absolute atomic E-state index is 12.7. The molecule has 3 rings (SSSR count). The van der Waals surface area contributed by atoms with Crippen molar-refractivity contribution in [3.8, 4) is 11.5 Å². The van der Waals surface area contributed by atoms with Gasteiger partial charge in [-0.3, -0.25) is 9.59 Å². The number of ether oxygens (including phenoxy) is 1. The number of carboxylic acids is 1. The summed E-state index contributed by atoms with van der Waals surface area (Å²) in [6, 6.07) is 15.5. The van der Waals surface area contributed by atoms with E-state index in [2.05, 4.69) is 10.0 Å². The Bertz CT molecular complexity index is 1390. The number of halogens is 3. The molecule has 0 atom stereocenters. The monoisotopic (exact) mass is 550 g/mol. The number of alkyl halides is 3. The van der Waals surface area contributed by atoms with E-state index < -0.39 is 27.7 Å². The smallest absolute Gasteiger partial charge is 0.416 e. The number of benzene rings is 3. The van der Waals surface area contributed by atoms with Crippen LogP contribution in [0.15, 0.2) is 66.7 Å². The lowest BCUT2D eigenvalue weighted by Crippen LogP contribution is -2.25. The number of amides is 1. The molecule has 0 fully saturated rings. The molecule has 8 nitrogen and oxygen atoms in total. The lowest BCUT2D eigenvalue weighted by atomic mass is 10.1. The number of carboxylic acid groups (broad SMARTS) is 1. The average molecular weight is 551 g/mol. The van der Waals surface area contributed by atoms with Crippen molar-refractivity contribution in [1.82, 2.24) is 10.0 Å². The zero-order valence-electron chi connectivity index (χ0n) is 20.2. The normalized spacial score (nSPS) is 11.7. The molecule has 3 aromatic rings. The Labute approximate surface area is 217 Å². The van der Waals surface area contributed by atoms with Gasteiger partial charge in [-0.25, -0.2) is 13.1 Å².